The summed E-state index contributed by atoms with van der Waals surface area (Å²) in [5.41, 5.74) is 6.51. The van der Waals surface area contributed by atoms with Gasteiger partial charge in [-0.1, -0.05) is 14.9 Å². The number of anilines is 5. The minimum absolute atomic E-state index is 0. The van der Waals surface area contributed by atoms with E-state index in [1.165, 1.54) is 19.9 Å². The third kappa shape index (κ3) is 17.0. The maximum absolute atomic E-state index is 12.7. The second kappa shape index (κ2) is 19.8. The Kier molecular flexibility index (Phi) is 18.6. The van der Waals surface area contributed by atoms with Crippen LogP contribution in [0, 0.1) is 0 Å². The fourth-order valence-corrected chi connectivity index (χ4v) is 5.57. The van der Waals surface area contributed by atoms with Crippen molar-refractivity contribution in [3.63, 3.8) is 0 Å². The van der Waals surface area contributed by atoms with Gasteiger partial charge in [-0.15, -0.1) is 0 Å². The van der Waals surface area contributed by atoms with Crippen LogP contribution in [0.2, 0.25) is 0 Å². The van der Waals surface area contributed by atoms with Crippen LogP contribution in [0.1, 0.15) is 34.3 Å². The zero-order valence-electron chi connectivity index (χ0n) is 21.9. The summed E-state index contributed by atoms with van der Waals surface area (Å²) >= 11 is 16.0. The Labute approximate surface area is 300 Å². The standard InChI is InChI=1S/C13H10BrF3N4O.C7H6Br2N2O.C5H4Br2N2.2CH4/c1-7(22)19-9-5-10(14)20-12(6-9)21-11-4-8(2-3-18-11)13(15,16)17;1-4(12)10-5-2-6(8)11-7(9)3-5;6-4-1-3(8)2-5(7)9-4;;/h2-6H,1H3,(H2,18,19,20,21,22);2-3H,1H3,(H,10,11,12);1-2H,(H2,8,9);2*1H4. The van der Waals surface area contributed by atoms with Crippen LogP contribution in [0.4, 0.5) is 41.9 Å². The molecule has 4 rings (SSSR count). The lowest BCUT2D eigenvalue weighted by molar-refractivity contribution is -0.137. The van der Waals surface area contributed by atoms with Crippen LogP contribution in [0.5, 0.6) is 0 Å². The molecule has 4 aromatic heterocycles. The van der Waals surface area contributed by atoms with Crippen molar-refractivity contribution in [2.24, 2.45) is 0 Å². The van der Waals surface area contributed by atoms with E-state index in [0.29, 0.717) is 25.2 Å². The van der Waals surface area contributed by atoms with E-state index in [1.807, 2.05) is 0 Å². The lowest BCUT2D eigenvalue weighted by Gasteiger charge is -2.10. The predicted octanol–water partition coefficient (Wildman–Crippen LogP) is 9.99. The number of halogens is 8. The lowest BCUT2D eigenvalue weighted by Crippen LogP contribution is -2.08. The first-order chi connectivity index (χ1) is 20.0. The van der Waals surface area contributed by atoms with Gasteiger partial charge in [0.05, 0.1) is 5.56 Å². The molecule has 4 heterocycles. The summed E-state index contributed by atoms with van der Waals surface area (Å²) in [6.07, 6.45) is -3.40. The first kappa shape index (κ1) is 42.3. The first-order valence-electron chi connectivity index (χ1n) is 11.4. The highest BCUT2D eigenvalue weighted by Crippen LogP contribution is 2.31. The molecule has 0 spiro atoms. The van der Waals surface area contributed by atoms with Gasteiger partial charge in [0.25, 0.3) is 0 Å². The van der Waals surface area contributed by atoms with Crippen molar-refractivity contribution in [2.45, 2.75) is 34.9 Å². The molecule has 45 heavy (non-hydrogen) atoms. The average molecular weight is 953 g/mol. The second-order valence-corrected chi connectivity index (χ2v) is 12.1. The number of nitrogens with zero attached hydrogens (tertiary/aromatic N) is 4. The molecule has 2 amide bonds. The molecule has 0 aliphatic carbocycles. The highest BCUT2D eigenvalue weighted by Gasteiger charge is 2.30. The number of hydrogen-bond acceptors (Lipinski definition) is 8. The number of amides is 2. The fourth-order valence-electron chi connectivity index (χ4n) is 2.87. The third-order valence-electron chi connectivity index (χ3n) is 4.33. The van der Waals surface area contributed by atoms with Crippen LogP contribution in [0.15, 0.2) is 77.7 Å². The van der Waals surface area contributed by atoms with Crippen molar-refractivity contribution in [3.8, 4) is 0 Å². The first-order valence-corrected chi connectivity index (χ1v) is 15.4. The van der Waals surface area contributed by atoms with E-state index in [9.17, 15) is 22.8 Å². The molecule has 5 N–H and O–H groups in total. The van der Waals surface area contributed by atoms with E-state index >= 15 is 0 Å². The Hall–Kier alpha value is -2.67. The van der Waals surface area contributed by atoms with Gasteiger partial charge in [0.15, 0.2) is 0 Å². The van der Waals surface area contributed by atoms with Crippen molar-refractivity contribution in [2.75, 3.05) is 21.7 Å². The number of aromatic nitrogens is 4. The molecule has 18 heteroatoms. The molecule has 244 valence electrons. The average Bonchev–Trinajstić information content (AvgIpc) is 2.82. The molecule has 0 bridgehead atoms. The summed E-state index contributed by atoms with van der Waals surface area (Å²) in [6.45, 7) is 2.80. The predicted molar refractivity (Wildman–Crippen MR) is 190 cm³/mol. The Morgan fingerprint density at radius 2 is 1.11 bits per heavy atom. The van der Waals surface area contributed by atoms with Crippen LogP contribution >= 0.6 is 79.6 Å². The molecule has 0 saturated carbocycles. The normalized spacial score (nSPS) is 9.91. The number of carbonyl (C=O) groups excluding carboxylic acids is 2. The van der Waals surface area contributed by atoms with E-state index < -0.39 is 11.7 Å². The summed E-state index contributed by atoms with van der Waals surface area (Å²) in [4.78, 5) is 37.6. The van der Waals surface area contributed by atoms with E-state index in [-0.39, 0.29) is 38.3 Å². The number of nitrogen functional groups attached to an aromatic ring is 1. The van der Waals surface area contributed by atoms with Crippen molar-refractivity contribution in [1.82, 2.24) is 19.9 Å². The van der Waals surface area contributed by atoms with E-state index in [4.69, 9.17) is 5.73 Å². The smallest absolute Gasteiger partial charge is 0.399 e. The lowest BCUT2D eigenvalue weighted by atomic mass is 10.2. The SMILES string of the molecule is C.C.CC(=O)Nc1cc(Br)nc(Br)c1.CC(=O)Nc1cc(Br)nc(Nc2cc(C(F)(F)F)ccn2)c1.Nc1cc(Br)nc(Br)c1. The summed E-state index contributed by atoms with van der Waals surface area (Å²) in [6, 6.07) is 11.7. The third-order valence-corrected chi connectivity index (χ3v) is 6.36. The highest BCUT2D eigenvalue weighted by molar-refractivity contribution is 9.11. The quantitative estimate of drug-likeness (QED) is 0.148. The molecule has 0 radical (unpaired) electrons. The Morgan fingerprint density at radius 3 is 1.53 bits per heavy atom. The van der Waals surface area contributed by atoms with Gasteiger partial charge in [-0.25, -0.2) is 19.9 Å². The zero-order valence-corrected chi connectivity index (χ0v) is 29.8. The summed E-state index contributed by atoms with van der Waals surface area (Å²) in [7, 11) is 0. The fraction of sp³-hybridized carbons (Fsp3) is 0.185. The number of nitrogens with one attached hydrogen (secondary N) is 3. The van der Waals surface area contributed by atoms with Crippen LogP contribution in [0.25, 0.3) is 0 Å². The molecular weight excluding hydrogens is 925 g/mol. The van der Waals surface area contributed by atoms with Crippen LogP contribution in [-0.2, 0) is 15.8 Å². The summed E-state index contributed by atoms with van der Waals surface area (Å²) in [5.74, 6) is -0.139. The molecule has 0 atom stereocenters. The van der Waals surface area contributed by atoms with E-state index in [2.05, 4.69) is 116 Å². The molecule has 10 nitrogen and oxygen atoms in total. The monoisotopic (exact) mass is 948 g/mol. The van der Waals surface area contributed by atoms with Gasteiger partial charge < -0.3 is 21.7 Å². The van der Waals surface area contributed by atoms with E-state index in [1.54, 1.807) is 30.3 Å². The van der Waals surface area contributed by atoms with Gasteiger partial charge in [-0.2, -0.15) is 13.2 Å². The zero-order chi connectivity index (χ0) is 32.3. The molecule has 0 saturated heterocycles. The molecule has 0 aromatic carbocycles. The van der Waals surface area contributed by atoms with Crippen molar-refractivity contribution in [3.05, 3.63) is 83.3 Å². The number of pyridine rings is 4. The minimum Gasteiger partial charge on any atom is -0.399 e. The molecule has 4 aromatic rings. The van der Waals surface area contributed by atoms with Gasteiger partial charge in [0, 0.05) is 43.2 Å². The van der Waals surface area contributed by atoms with Gasteiger partial charge in [-0.05, 0) is 122 Å². The minimum atomic E-state index is -4.45. The van der Waals surface area contributed by atoms with Gasteiger partial charge in [0.1, 0.15) is 34.7 Å². The Bertz CT molecular complexity index is 1530. The van der Waals surface area contributed by atoms with E-state index in [0.717, 1.165) is 33.2 Å². The van der Waals surface area contributed by atoms with Gasteiger partial charge >= 0.3 is 6.18 Å². The van der Waals surface area contributed by atoms with Crippen molar-refractivity contribution >= 4 is 120 Å². The molecule has 0 aliphatic heterocycles. The maximum Gasteiger partial charge on any atom is 0.416 e. The number of alkyl halides is 3. The summed E-state index contributed by atoms with van der Waals surface area (Å²) < 4.78 is 41.2. The van der Waals surface area contributed by atoms with Crippen LogP contribution in [-0.4, -0.2) is 31.8 Å². The molecule has 0 fully saturated rings. The summed E-state index contributed by atoms with van der Waals surface area (Å²) in [5, 5.41) is 7.87. The molecule has 0 unspecified atom stereocenters. The number of rotatable bonds is 4. The maximum atomic E-state index is 12.7. The van der Waals surface area contributed by atoms with Gasteiger partial charge in [0.2, 0.25) is 11.8 Å². The largest absolute Gasteiger partial charge is 0.416 e. The Balaban J connectivity index is 0.000000710. The molecule has 0 aliphatic rings. The van der Waals surface area contributed by atoms with Gasteiger partial charge in [-0.3, -0.25) is 9.59 Å². The molecular formula is C27H28Br5F3N8O2. The second-order valence-electron chi connectivity index (χ2n) is 8.03. The number of hydrogen-bond donors (Lipinski definition) is 4. The van der Waals surface area contributed by atoms with Crippen molar-refractivity contribution < 1.29 is 22.8 Å². The van der Waals surface area contributed by atoms with Crippen LogP contribution in [0.3, 0.4) is 0 Å². The van der Waals surface area contributed by atoms with Crippen LogP contribution < -0.4 is 21.7 Å². The van der Waals surface area contributed by atoms with Crippen molar-refractivity contribution in [1.29, 1.82) is 0 Å². The number of nitrogens with two attached hydrogens (primary N) is 1. The highest BCUT2D eigenvalue weighted by atomic mass is 79.9. The Morgan fingerprint density at radius 1 is 0.689 bits per heavy atom. The number of carbonyl (C=O) groups is 2. The topological polar surface area (TPSA) is 148 Å².